The number of hydrogen-bond donors (Lipinski definition) is 0. The van der Waals surface area contributed by atoms with Gasteiger partial charge in [-0.3, -0.25) is 9.63 Å². The van der Waals surface area contributed by atoms with Crippen LogP contribution >= 0.6 is 11.6 Å². The predicted molar refractivity (Wildman–Crippen MR) is 74.8 cm³/mol. The number of para-hydroxylation sites is 1. The zero-order chi connectivity index (χ0) is 13.8. The van der Waals surface area contributed by atoms with Gasteiger partial charge in [0, 0.05) is 0 Å². The molecule has 3 nitrogen and oxygen atoms in total. The second-order valence-corrected chi connectivity index (χ2v) is 5.19. The number of hydrogen-bond acceptors (Lipinski definition) is 2. The minimum Gasteiger partial charge on any atom is -0.270 e. The van der Waals surface area contributed by atoms with Crippen molar-refractivity contribution in [2.75, 3.05) is 11.7 Å². The number of carbonyl (C=O) groups is 1. The van der Waals surface area contributed by atoms with Crippen LogP contribution in [0.4, 0.5) is 5.69 Å². The summed E-state index contributed by atoms with van der Waals surface area (Å²) in [6, 6.07) is 7.59. The van der Waals surface area contributed by atoms with Crippen molar-refractivity contribution in [1.29, 1.82) is 0 Å². The smallest absolute Gasteiger partial charge is 0.270 e. The molecule has 4 heteroatoms. The van der Waals surface area contributed by atoms with Gasteiger partial charge in [-0.2, -0.15) is 5.06 Å². The largest absolute Gasteiger partial charge is 0.271 e. The molecule has 0 heterocycles. The molecular formula is C14H20ClNO2. The molecule has 0 spiro atoms. The number of rotatable bonds is 5. The first kappa shape index (κ1) is 15.0. The zero-order valence-electron chi connectivity index (χ0n) is 11.4. The molecule has 1 aromatic carbocycles. The average Bonchev–Trinajstić information content (AvgIpc) is 2.36. The maximum Gasteiger partial charge on any atom is 0.271 e. The third-order valence-corrected chi connectivity index (χ3v) is 3.32. The van der Waals surface area contributed by atoms with E-state index >= 15 is 0 Å². The van der Waals surface area contributed by atoms with E-state index in [1.165, 1.54) is 5.06 Å². The average molecular weight is 270 g/mol. The van der Waals surface area contributed by atoms with Gasteiger partial charge < -0.3 is 0 Å². The third kappa shape index (κ3) is 3.24. The minimum absolute atomic E-state index is 0.234. The van der Waals surface area contributed by atoms with Crippen LogP contribution in [0, 0.1) is 6.92 Å². The van der Waals surface area contributed by atoms with Crippen molar-refractivity contribution in [1.82, 2.24) is 0 Å². The second-order valence-electron chi connectivity index (χ2n) is 4.35. The molecule has 0 aliphatic heterocycles. The number of carbonyl (C=O) groups excluding carboxylic acids is 1. The van der Waals surface area contributed by atoms with Crippen LogP contribution in [0.1, 0.15) is 32.8 Å². The van der Waals surface area contributed by atoms with Crippen LogP contribution in [-0.2, 0) is 9.63 Å². The van der Waals surface area contributed by atoms with Crippen LogP contribution in [0.5, 0.6) is 0 Å². The minimum atomic E-state index is -0.947. The molecule has 1 aromatic rings. The van der Waals surface area contributed by atoms with Crippen molar-refractivity contribution in [3.05, 3.63) is 29.8 Å². The van der Waals surface area contributed by atoms with Crippen molar-refractivity contribution in [3.63, 3.8) is 0 Å². The molecule has 0 fully saturated rings. The van der Waals surface area contributed by atoms with Gasteiger partial charge in [0.25, 0.3) is 5.91 Å². The molecular weight excluding hydrogens is 250 g/mol. The van der Waals surface area contributed by atoms with E-state index in [9.17, 15) is 4.79 Å². The molecule has 0 saturated carbocycles. The van der Waals surface area contributed by atoms with E-state index in [2.05, 4.69) is 0 Å². The summed E-state index contributed by atoms with van der Waals surface area (Å²) in [6.45, 7) is 7.78. The summed E-state index contributed by atoms with van der Waals surface area (Å²) in [4.78, 5) is 16.9. The lowest BCUT2D eigenvalue weighted by Gasteiger charge is -2.29. The Bertz CT molecular complexity index is 418. The van der Waals surface area contributed by atoms with Gasteiger partial charge in [-0.15, -0.1) is 11.6 Å². The first-order valence-corrected chi connectivity index (χ1v) is 6.53. The summed E-state index contributed by atoms with van der Waals surface area (Å²) in [6.07, 6.45) is 0.544. The summed E-state index contributed by atoms with van der Waals surface area (Å²) in [5.74, 6) is -0.234. The Morgan fingerprint density at radius 3 is 2.50 bits per heavy atom. The van der Waals surface area contributed by atoms with E-state index in [0.29, 0.717) is 13.0 Å². The van der Waals surface area contributed by atoms with E-state index < -0.39 is 4.87 Å². The molecule has 0 aliphatic carbocycles. The summed E-state index contributed by atoms with van der Waals surface area (Å²) in [7, 11) is 0. The lowest BCUT2D eigenvalue weighted by Crippen LogP contribution is -2.43. The van der Waals surface area contributed by atoms with Crippen molar-refractivity contribution < 1.29 is 9.63 Å². The van der Waals surface area contributed by atoms with Gasteiger partial charge in [0.1, 0.15) is 4.87 Å². The SMILES string of the molecule is CCON(C(=O)C(C)(Cl)CC)c1ccccc1C. The Morgan fingerprint density at radius 2 is 2.00 bits per heavy atom. The van der Waals surface area contributed by atoms with Gasteiger partial charge in [-0.05, 0) is 38.8 Å². The van der Waals surface area contributed by atoms with Gasteiger partial charge in [-0.1, -0.05) is 25.1 Å². The summed E-state index contributed by atoms with van der Waals surface area (Å²) in [5, 5.41) is 1.31. The van der Waals surface area contributed by atoms with Crippen LogP contribution in [0.2, 0.25) is 0 Å². The lowest BCUT2D eigenvalue weighted by molar-refractivity contribution is -0.128. The summed E-state index contributed by atoms with van der Waals surface area (Å²) >= 11 is 6.23. The molecule has 0 aliphatic rings. The van der Waals surface area contributed by atoms with E-state index in [1.807, 2.05) is 45.0 Å². The summed E-state index contributed by atoms with van der Waals surface area (Å²) in [5.41, 5.74) is 1.72. The van der Waals surface area contributed by atoms with Gasteiger partial charge in [0.05, 0.1) is 12.3 Å². The maximum atomic E-state index is 12.4. The van der Waals surface area contributed by atoms with Crippen molar-refractivity contribution in [2.45, 2.75) is 39.0 Å². The highest BCUT2D eigenvalue weighted by Gasteiger charge is 2.34. The molecule has 100 valence electrons. The fourth-order valence-electron chi connectivity index (χ4n) is 1.52. The highest BCUT2D eigenvalue weighted by molar-refractivity contribution is 6.36. The number of hydroxylamine groups is 1. The third-order valence-electron chi connectivity index (χ3n) is 2.89. The molecule has 0 bridgehead atoms. The number of alkyl halides is 1. The second kappa shape index (κ2) is 6.21. The Morgan fingerprint density at radius 1 is 1.39 bits per heavy atom. The summed E-state index contributed by atoms with van der Waals surface area (Å²) < 4.78 is 0. The van der Waals surface area contributed by atoms with E-state index in [-0.39, 0.29) is 5.91 Å². The van der Waals surface area contributed by atoms with Crippen molar-refractivity contribution in [3.8, 4) is 0 Å². The van der Waals surface area contributed by atoms with Crippen LogP contribution < -0.4 is 5.06 Å². The molecule has 0 radical (unpaired) electrons. The van der Waals surface area contributed by atoms with Crippen LogP contribution in [0.25, 0.3) is 0 Å². The quantitative estimate of drug-likeness (QED) is 0.603. The fourth-order valence-corrected chi connectivity index (χ4v) is 1.60. The maximum absolute atomic E-state index is 12.4. The molecule has 1 unspecified atom stereocenters. The standard InChI is InChI=1S/C14H20ClNO2/c1-5-14(4,15)13(17)16(18-6-2)12-10-8-7-9-11(12)3/h7-10H,5-6H2,1-4H3. The molecule has 0 N–H and O–H groups in total. The van der Waals surface area contributed by atoms with Gasteiger partial charge in [-0.25, -0.2) is 0 Å². The molecule has 1 atom stereocenters. The first-order chi connectivity index (χ1) is 8.44. The number of anilines is 1. The van der Waals surface area contributed by atoms with Gasteiger partial charge >= 0.3 is 0 Å². The zero-order valence-corrected chi connectivity index (χ0v) is 12.1. The van der Waals surface area contributed by atoms with E-state index in [4.69, 9.17) is 16.4 Å². The van der Waals surface area contributed by atoms with Crippen LogP contribution in [0.15, 0.2) is 24.3 Å². The van der Waals surface area contributed by atoms with Crippen LogP contribution in [0.3, 0.4) is 0 Å². The normalized spacial score (nSPS) is 14.1. The number of amides is 1. The van der Waals surface area contributed by atoms with Crippen LogP contribution in [-0.4, -0.2) is 17.4 Å². The Labute approximate surface area is 114 Å². The van der Waals surface area contributed by atoms with Crippen molar-refractivity contribution >= 4 is 23.2 Å². The topological polar surface area (TPSA) is 29.5 Å². The first-order valence-electron chi connectivity index (χ1n) is 6.16. The predicted octanol–water partition coefficient (Wildman–Crippen LogP) is 3.69. The Balaban J connectivity index is 3.11. The molecule has 1 amide bonds. The van der Waals surface area contributed by atoms with Gasteiger partial charge in [0.15, 0.2) is 0 Å². The number of benzene rings is 1. The number of halogens is 1. The Hall–Kier alpha value is -1.06. The van der Waals surface area contributed by atoms with E-state index in [0.717, 1.165) is 11.3 Å². The molecule has 1 rings (SSSR count). The molecule has 18 heavy (non-hydrogen) atoms. The number of aryl methyl sites for hydroxylation is 1. The highest BCUT2D eigenvalue weighted by Crippen LogP contribution is 2.27. The molecule has 0 aromatic heterocycles. The Kier molecular flexibility index (Phi) is 5.17. The monoisotopic (exact) mass is 269 g/mol. The van der Waals surface area contributed by atoms with Gasteiger partial charge in [0.2, 0.25) is 0 Å². The fraction of sp³-hybridized carbons (Fsp3) is 0.500. The molecule has 0 saturated heterocycles. The number of nitrogens with zero attached hydrogens (tertiary/aromatic N) is 1. The van der Waals surface area contributed by atoms with E-state index in [1.54, 1.807) is 6.92 Å². The highest BCUT2D eigenvalue weighted by atomic mass is 35.5. The lowest BCUT2D eigenvalue weighted by atomic mass is 10.1. The van der Waals surface area contributed by atoms with Crippen molar-refractivity contribution in [2.24, 2.45) is 0 Å².